The number of ether oxygens (including phenoxy) is 1. The highest BCUT2D eigenvalue weighted by Crippen LogP contribution is 2.39. The van der Waals surface area contributed by atoms with E-state index in [9.17, 15) is 4.79 Å². The van der Waals surface area contributed by atoms with E-state index < -0.39 is 0 Å². The Morgan fingerprint density at radius 3 is 2.76 bits per heavy atom. The van der Waals surface area contributed by atoms with Gasteiger partial charge in [-0.1, -0.05) is 49.1 Å². The van der Waals surface area contributed by atoms with E-state index in [0.717, 1.165) is 37.0 Å². The Bertz CT molecular complexity index is 970. The number of aliphatic imine (C=N–C) groups is 1. The third-order valence-corrected chi connectivity index (χ3v) is 6.43. The molecule has 1 aromatic carbocycles. The van der Waals surface area contributed by atoms with Gasteiger partial charge in [-0.2, -0.15) is 0 Å². The van der Waals surface area contributed by atoms with Crippen molar-refractivity contribution in [3.63, 3.8) is 0 Å². The fraction of sp³-hybridized carbons (Fsp3) is 0.318. The third kappa shape index (κ3) is 4.33. The molecular weight excluding hydrogens is 406 g/mol. The molecule has 1 saturated carbocycles. The molecule has 1 aliphatic carbocycles. The lowest BCUT2D eigenvalue weighted by Gasteiger charge is -2.30. The summed E-state index contributed by atoms with van der Waals surface area (Å²) < 4.78 is 5.44. The monoisotopic (exact) mass is 427 g/mol. The summed E-state index contributed by atoms with van der Waals surface area (Å²) in [6.45, 7) is 0. The van der Waals surface area contributed by atoms with Crippen LogP contribution in [0.4, 0.5) is 5.69 Å². The number of benzene rings is 1. The molecule has 7 heteroatoms. The number of amides is 1. The van der Waals surface area contributed by atoms with Gasteiger partial charge in [-0.25, -0.2) is 9.98 Å². The predicted molar refractivity (Wildman–Crippen MR) is 119 cm³/mol. The van der Waals surface area contributed by atoms with E-state index in [1.807, 2.05) is 41.3 Å². The number of thioether (sulfide) groups is 1. The number of carbonyl (C=O) groups is 1. The zero-order chi connectivity index (χ0) is 20.2. The Kier molecular flexibility index (Phi) is 6.21. The van der Waals surface area contributed by atoms with Gasteiger partial charge in [-0.05, 0) is 48.9 Å². The van der Waals surface area contributed by atoms with Crippen LogP contribution in [0.1, 0.15) is 37.7 Å². The Hall–Kier alpha value is -2.31. The summed E-state index contributed by atoms with van der Waals surface area (Å²) in [4.78, 5) is 24.7. The summed E-state index contributed by atoms with van der Waals surface area (Å²) in [5, 5.41) is 0.997. The molecule has 0 radical (unpaired) electrons. The molecule has 1 aliphatic heterocycles. The van der Waals surface area contributed by atoms with E-state index in [1.54, 1.807) is 19.4 Å². The van der Waals surface area contributed by atoms with Crippen LogP contribution in [-0.2, 0) is 4.79 Å². The van der Waals surface area contributed by atoms with Gasteiger partial charge in [0.2, 0.25) is 0 Å². The Balaban J connectivity index is 1.74. The highest BCUT2D eigenvalue weighted by molar-refractivity contribution is 8.18. The minimum absolute atomic E-state index is 0.00781. The molecular formula is C22H22ClN3O2S. The highest BCUT2D eigenvalue weighted by atomic mass is 35.5. The molecule has 0 unspecified atom stereocenters. The van der Waals surface area contributed by atoms with Gasteiger partial charge in [0.15, 0.2) is 10.3 Å². The largest absolute Gasteiger partial charge is 0.496 e. The summed E-state index contributed by atoms with van der Waals surface area (Å²) in [6.07, 6.45) is 8.98. The van der Waals surface area contributed by atoms with Crippen LogP contribution in [-0.4, -0.2) is 34.1 Å². The van der Waals surface area contributed by atoms with Gasteiger partial charge in [0.05, 0.1) is 12.0 Å². The minimum Gasteiger partial charge on any atom is -0.496 e. The lowest BCUT2D eigenvalue weighted by Crippen LogP contribution is -2.40. The van der Waals surface area contributed by atoms with Crippen molar-refractivity contribution in [3.05, 3.63) is 58.2 Å². The van der Waals surface area contributed by atoms with Gasteiger partial charge in [-0.3, -0.25) is 9.69 Å². The number of rotatable bonds is 4. The van der Waals surface area contributed by atoms with Gasteiger partial charge < -0.3 is 4.74 Å². The average Bonchev–Trinajstić information content (AvgIpc) is 3.05. The molecule has 1 saturated heterocycles. The van der Waals surface area contributed by atoms with Gasteiger partial charge in [0.25, 0.3) is 5.91 Å². The fourth-order valence-electron chi connectivity index (χ4n) is 3.72. The van der Waals surface area contributed by atoms with E-state index in [0.29, 0.717) is 20.9 Å². The van der Waals surface area contributed by atoms with Crippen molar-refractivity contribution in [2.24, 2.45) is 4.99 Å². The number of carbonyl (C=O) groups excluding carboxylic acids is 1. The number of hydrogen-bond acceptors (Lipinski definition) is 5. The van der Waals surface area contributed by atoms with Crippen molar-refractivity contribution in [3.8, 4) is 5.75 Å². The normalized spacial score (nSPS) is 20.6. The molecule has 2 aliphatic rings. The summed E-state index contributed by atoms with van der Waals surface area (Å²) >= 11 is 7.60. The predicted octanol–water partition coefficient (Wildman–Crippen LogP) is 5.68. The highest BCUT2D eigenvalue weighted by Gasteiger charge is 2.38. The van der Waals surface area contributed by atoms with E-state index in [2.05, 4.69) is 4.98 Å². The fourth-order valence-corrected chi connectivity index (χ4v) is 4.92. The van der Waals surface area contributed by atoms with Gasteiger partial charge in [0.1, 0.15) is 11.4 Å². The van der Waals surface area contributed by atoms with E-state index in [1.165, 1.54) is 18.2 Å². The number of aromatic nitrogens is 1. The van der Waals surface area contributed by atoms with E-state index in [4.69, 9.17) is 21.3 Å². The first-order chi connectivity index (χ1) is 14.2. The standard InChI is InChI=1S/C22H22ClN3O2S/c1-28-18-12-6-5-8-15(18)14-19-21(27)26(16-9-3-2-4-10-16)22(29-19)25-17-11-7-13-24-20(17)23/h5-8,11-14,16H,2-4,9-10H2,1H3/b19-14-,25-22?. The SMILES string of the molecule is COc1ccccc1/C=C1\SC(=Nc2cccnc2Cl)N(C2CCCCC2)C1=O. The van der Waals surface area contributed by atoms with Crippen LogP contribution in [0, 0.1) is 0 Å². The lowest BCUT2D eigenvalue weighted by atomic mass is 9.94. The number of hydrogen-bond donors (Lipinski definition) is 0. The number of pyridine rings is 1. The second-order valence-corrected chi connectivity index (χ2v) is 8.39. The van der Waals surface area contributed by atoms with Crippen molar-refractivity contribution < 1.29 is 9.53 Å². The maximum atomic E-state index is 13.4. The van der Waals surface area contributed by atoms with E-state index >= 15 is 0 Å². The smallest absolute Gasteiger partial charge is 0.267 e. The quantitative estimate of drug-likeness (QED) is 0.465. The van der Waals surface area contributed by atoms with E-state index in [-0.39, 0.29) is 11.9 Å². The van der Waals surface area contributed by atoms with Crippen LogP contribution in [0.3, 0.4) is 0 Å². The van der Waals surface area contributed by atoms with Gasteiger partial charge >= 0.3 is 0 Å². The van der Waals surface area contributed by atoms with Crippen molar-refractivity contribution in [1.82, 2.24) is 9.88 Å². The zero-order valence-electron chi connectivity index (χ0n) is 16.2. The topological polar surface area (TPSA) is 54.8 Å². The molecule has 150 valence electrons. The number of methoxy groups -OCH3 is 1. The molecule has 0 spiro atoms. The van der Waals surface area contributed by atoms with Crippen molar-refractivity contribution >= 4 is 46.2 Å². The first-order valence-electron chi connectivity index (χ1n) is 9.72. The molecule has 0 atom stereocenters. The Morgan fingerprint density at radius 1 is 1.21 bits per heavy atom. The number of para-hydroxylation sites is 1. The summed E-state index contributed by atoms with van der Waals surface area (Å²) in [6, 6.07) is 11.5. The maximum absolute atomic E-state index is 13.4. The van der Waals surface area contributed by atoms with Crippen LogP contribution in [0.5, 0.6) is 5.75 Å². The van der Waals surface area contributed by atoms with Crippen LogP contribution in [0.2, 0.25) is 5.15 Å². The first-order valence-corrected chi connectivity index (χ1v) is 10.9. The minimum atomic E-state index is -0.00781. The number of amidine groups is 1. The Labute approximate surface area is 179 Å². The molecule has 5 nitrogen and oxygen atoms in total. The summed E-state index contributed by atoms with van der Waals surface area (Å²) in [5.74, 6) is 0.727. The lowest BCUT2D eigenvalue weighted by molar-refractivity contribution is -0.124. The van der Waals surface area contributed by atoms with Crippen LogP contribution in [0.25, 0.3) is 6.08 Å². The second kappa shape index (κ2) is 9.01. The zero-order valence-corrected chi connectivity index (χ0v) is 17.7. The summed E-state index contributed by atoms with van der Waals surface area (Å²) in [7, 11) is 1.63. The number of halogens is 1. The van der Waals surface area contributed by atoms with Crippen molar-refractivity contribution in [2.75, 3.05) is 7.11 Å². The van der Waals surface area contributed by atoms with Crippen LogP contribution >= 0.6 is 23.4 Å². The summed E-state index contributed by atoms with van der Waals surface area (Å²) in [5.41, 5.74) is 1.44. The third-order valence-electron chi connectivity index (χ3n) is 5.16. The average molecular weight is 428 g/mol. The molecule has 0 bridgehead atoms. The first kappa shape index (κ1) is 20.0. The molecule has 1 aromatic heterocycles. The number of nitrogens with zero attached hydrogens (tertiary/aromatic N) is 3. The van der Waals surface area contributed by atoms with Crippen molar-refractivity contribution in [1.29, 1.82) is 0 Å². The molecule has 0 N–H and O–H groups in total. The molecule has 2 heterocycles. The van der Waals surface area contributed by atoms with Crippen LogP contribution in [0.15, 0.2) is 52.5 Å². The Morgan fingerprint density at radius 2 is 2.00 bits per heavy atom. The van der Waals surface area contributed by atoms with Gasteiger partial charge in [0, 0.05) is 17.8 Å². The molecule has 2 fully saturated rings. The van der Waals surface area contributed by atoms with Gasteiger partial charge in [-0.15, -0.1) is 0 Å². The second-order valence-electron chi connectivity index (χ2n) is 7.03. The molecule has 29 heavy (non-hydrogen) atoms. The molecule has 2 aromatic rings. The van der Waals surface area contributed by atoms with Crippen molar-refractivity contribution in [2.45, 2.75) is 38.1 Å². The van der Waals surface area contributed by atoms with Crippen LogP contribution < -0.4 is 4.74 Å². The molecule has 1 amide bonds. The maximum Gasteiger partial charge on any atom is 0.267 e. The molecule has 4 rings (SSSR count).